The summed E-state index contributed by atoms with van der Waals surface area (Å²) in [5.41, 5.74) is 0.182. The fraction of sp³-hybridized carbons (Fsp3) is 0.533. The molecule has 3 N–H and O–H groups in total. The first kappa shape index (κ1) is 13.9. The molecule has 1 aromatic rings. The van der Waals surface area contributed by atoms with Gasteiger partial charge >= 0.3 is 5.97 Å². The maximum atomic E-state index is 11.5. The number of hydrogen-bond donors (Lipinski definition) is 3. The van der Waals surface area contributed by atoms with Crippen LogP contribution in [-0.4, -0.2) is 22.7 Å². The number of rotatable bonds is 5. The van der Waals surface area contributed by atoms with E-state index in [1.54, 1.807) is 12.1 Å². The lowest BCUT2D eigenvalue weighted by Crippen LogP contribution is -2.42. The van der Waals surface area contributed by atoms with Crippen molar-refractivity contribution in [2.75, 3.05) is 6.54 Å². The van der Waals surface area contributed by atoms with Gasteiger partial charge in [-0.3, -0.25) is 4.79 Å². The molecule has 0 amide bonds. The Morgan fingerprint density at radius 2 is 1.89 bits per heavy atom. The van der Waals surface area contributed by atoms with Crippen LogP contribution in [0.1, 0.15) is 37.7 Å². The second kappa shape index (κ2) is 6.06. The molecule has 1 saturated carbocycles. The molecule has 0 bridgehead atoms. The van der Waals surface area contributed by atoms with Gasteiger partial charge in [-0.1, -0.05) is 37.5 Å². The number of carbonyl (C=O) groups is 1. The number of aliphatic carboxylic acids is 1. The summed E-state index contributed by atoms with van der Waals surface area (Å²) in [7, 11) is 0. The number of phenols is 1. The fourth-order valence-corrected chi connectivity index (χ4v) is 2.79. The maximum Gasteiger partial charge on any atom is 0.310 e. The zero-order valence-corrected chi connectivity index (χ0v) is 11.1. The summed E-state index contributed by atoms with van der Waals surface area (Å²) in [5.74, 6) is -0.444. The SMILES string of the molecule is O=C(O)C1(CNCc2ccccc2O)CCCCC1. The third-order valence-corrected chi connectivity index (χ3v) is 4.03. The van der Waals surface area contributed by atoms with Crippen molar-refractivity contribution in [3.05, 3.63) is 29.8 Å². The lowest BCUT2D eigenvalue weighted by molar-refractivity contribution is -0.150. The van der Waals surface area contributed by atoms with Gasteiger partial charge < -0.3 is 15.5 Å². The van der Waals surface area contributed by atoms with Crippen LogP contribution in [0, 0.1) is 5.41 Å². The van der Waals surface area contributed by atoms with E-state index in [9.17, 15) is 15.0 Å². The average Bonchev–Trinajstić information content (AvgIpc) is 2.42. The van der Waals surface area contributed by atoms with Crippen LogP contribution in [0.25, 0.3) is 0 Å². The summed E-state index contributed by atoms with van der Waals surface area (Å²) >= 11 is 0. The first-order valence-corrected chi connectivity index (χ1v) is 6.85. The Kier molecular flexibility index (Phi) is 4.43. The van der Waals surface area contributed by atoms with Gasteiger partial charge in [0, 0.05) is 18.7 Å². The monoisotopic (exact) mass is 263 g/mol. The molecule has 104 valence electrons. The fourth-order valence-electron chi connectivity index (χ4n) is 2.79. The highest BCUT2D eigenvalue weighted by atomic mass is 16.4. The van der Waals surface area contributed by atoms with Crippen molar-refractivity contribution in [3.63, 3.8) is 0 Å². The van der Waals surface area contributed by atoms with Gasteiger partial charge in [0.1, 0.15) is 5.75 Å². The third-order valence-electron chi connectivity index (χ3n) is 4.03. The van der Waals surface area contributed by atoms with Crippen molar-refractivity contribution in [1.82, 2.24) is 5.32 Å². The van der Waals surface area contributed by atoms with Gasteiger partial charge in [0.15, 0.2) is 0 Å². The molecule has 19 heavy (non-hydrogen) atoms. The van der Waals surface area contributed by atoms with E-state index < -0.39 is 11.4 Å². The zero-order valence-electron chi connectivity index (χ0n) is 11.1. The number of carboxylic acids is 1. The summed E-state index contributed by atoms with van der Waals surface area (Å²) in [5, 5.41) is 22.3. The van der Waals surface area contributed by atoms with Gasteiger partial charge in [-0.2, -0.15) is 0 Å². The van der Waals surface area contributed by atoms with E-state index in [1.807, 2.05) is 12.1 Å². The van der Waals surface area contributed by atoms with E-state index >= 15 is 0 Å². The molecule has 0 aliphatic heterocycles. The Morgan fingerprint density at radius 3 is 2.53 bits per heavy atom. The molecule has 0 unspecified atom stereocenters. The largest absolute Gasteiger partial charge is 0.508 e. The van der Waals surface area contributed by atoms with Crippen molar-refractivity contribution in [2.45, 2.75) is 38.6 Å². The Morgan fingerprint density at radius 1 is 1.21 bits per heavy atom. The quantitative estimate of drug-likeness (QED) is 0.763. The van der Waals surface area contributed by atoms with Crippen LogP contribution < -0.4 is 5.32 Å². The number of nitrogens with one attached hydrogen (secondary N) is 1. The molecule has 4 heteroatoms. The van der Waals surface area contributed by atoms with Crippen LogP contribution in [0.2, 0.25) is 0 Å². The lowest BCUT2D eigenvalue weighted by Gasteiger charge is -2.33. The molecule has 0 atom stereocenters. The van der Waals surface area contributed by atoms with E-state index in [4.69, 9.17) is 0 Å². The third kappa shape index (κ3) is 3.26. The first-order chi connectivity index (χ1) is 9.14. The molecule has 0 spiro atoms. The topological polar surface area (TPSA) is 69.6 Å². The highest BCUT2D eigenvalue weighted by Gasteiger charge is 2.39. The Hall–Kier alpha value is -1.55. The molecule has 0 saturated heterocycles. The molecule has 0 aromatic heterocycles. The molecular formula is C15H21NO3. The van der Waals surface area contributed by atoms with E-state index in [2.05, 4.69) is 5.32 Å². The van der Waals surface area contributed by atoms with Gasteiger partial charge in [-0.15, -0.1) is 0 Å². The Bertz CT molecular complexity index is 439. The maximum absolute atomic E-state index is 11.5. The number of phenolic OH excluding ortho intramolecular Hbond substituents is 1. The van der Waals surface area contributed by atoms with E-state index in [0.29, 0.717) is 13.1 Å². The number of para-hydroxylation sites is 1. The van der Waals surface area contributed by atoms with Crippen LogP contribution in [0.15, 0.2) is 24.3 Å². The predicted octanol–water partition coefficient (Wildman–Crippen LogP) is 2.52. The Labute approximate surface area is 113 Å². The first-order valence-electron chi connectivity index (χ1n) is 6.85. The normalized spacial score (nSPS) is 18.1. The predicted molar refractivity (Wildman–Crippen MR) is 73.0 cm³/mol. The molecule has 1 aliphatic rings. The minimum Gasteiger partial charge on any atom is -0.508 e. The lowest BCUT2D eigenvalue weighted by atomic mass is 9.74. The number of carboxylic acid groups (broad SMARTS) is 1. The van der Waals surface area contributed by atoms with Crippen molar-refractivity contribution >= 4 is 5.97 Å². The van der Waals surface area contributed by atoms with Gasteiger partial charge in [0.05, 0.1) is 5.41 Å². The van der Waals surface area contributed by atoms with Crippen LogP contribution in [0.5, 0.6) is 5.75 Å². The molecule has 4 nitrogen and oxygen atoms in total. The summed E-state index contributed by atoms with van der Waals surface area (Å²) in [6.45, 7) is 0.971. The Balaban J connectivity index is 1.93. The van der Waals surface area contributed by atoms with Crippen molar-refractivity contribution in [2.24, 2.45) is 5.41 Å². The van der Waals surface area contributed by atoms with E-state index in [-0.39, 0.29) is 5.75 Å². The van der Waals surface area contributed by atoms with Gasteiger partial charge in [-0.05, 0) is 18.9 Å². The van der Waals surface area contributed by atoms with Crippen molar-refractivity contribution < 1.29 is 15.0 Å². The van der Waals surface area contributed by atoms with Crippen molar-refractivity contribution in [1.29, 1.82) is 0 Å². The molecule has 1 fully saturated rings. The summed E-state index contributed by atoms with van der Waals surface area (Å²) in [6.07, 6.45) is 4.61. The average molecular weight is 263 g/mol. The van der Waals surface area contributed by atoms with E-state index in [0.717, 1.165) is 37.7 Å². The van der Waals surface area contributed by atoms with Crippen molar-refractivity contribution in [3.8, 4) is 5.75 Å². The second-order valence-electron chi connectivity index (χ2n) is 5.38. The molecule has 0 radical (unpaired) electrons. The van der Waals surface area contributed by atoms with Gasteiger partial charge in [0.2, 0.25) is 0 Å². The number of hydrogen-bond acceptors (Lipinski definition) is 3. The molecule has 1 aromatic carbocycles. The number of aromatic hydroxyl groups is 1. The van der Waals surface area contributed by atoms with Gasteiger partial charge in [-0.25, -0.2) is 0 Å². The standard InChI is InChI=1S/C15H21NO3/c17-13-7-3-2-6-12(13)10-16-11-15(14(18)19)8-4-1-5-9-15/h2-3,6-7,16-17H,1,4-5,8-11H2,(H,18,19). The molecular weight excluding hydrogens is 242 g/mol. The highest BCUT2D eigenvalue weighted by molar-refractivity contribution is 5.75. The van der Waals surface area contributed by atoms with Crippen LogP contribution in [-0.2, 0) is 11.3 Å². The minimum atomic E-state index is -0.697. The molecule has 1 aliphatic carbocycles. The number of benzene rings is 1. The zero-order chi connectivity index (χ0) is 13.7. The smallest absolute Gasteiger partial charge is 0.310 e. The highest BCUT2D eigenvalue weighted by Crippen LogP contribution is 2.36. The second-order valence-corrected chi connectivity index (χ2v) is 5.38. The van der Waals surface area contributed by atoms with E-state index in [1.165, 1.54) is 0 Å². The summed E-state index contributed by atoms with van der Waals surface area (Å²) in [6, 6.07) is 7.13. The van der Waals surface area contributed by atoms with Crippen LogP contribution in [0.3, 0.4) is 0 Å². The van der Waals surface area contributed by atoms with Crippen LogP contribution in [0.4, 0.5) is 0 Å². The molecule has 0 heterocycles. The van der Waals surface area contributed by atoms with Gasteiger partial charge in [0.25, 0.3) is 0 Å². The van der Waals surface area contributed by atoms with Crippen LogP contribution >= 0.6 is 0 Å². The summed E-state index contributed by atoms with van der Waals surface area (Å²) in [4.78, 5) is 11.5. The molecule has 2 rings (SSSR count). The summed E-state index contributed by atoms with van der Waals surface area (Å²) < 4.78 is 0. The minimum absolute atomic E-state index is 0.253.